The van der Waals surface area contributed by atoms with Gasteiger partial charge in [-0.05, 0) is 24.3 Å². The van der Waals surface area contributed by atoms with E-state index in [4.69, 9.17) is 9.84 Å². The minimum absolute atomic E-state index is 0.0291. The third-order valence-corrected chi connectivity index (χ3v) is 4.53. The molecule has 1 saturated carbocycles. The van der Waals surface area contributed by atoms with E-state index in [0.717, 1.165) is 44.1 Å². The number of Topliss-reactive ketones (excluding diaryl/α,β-unsaturated/α-hetero) is 1. The van der Waals surface area contributed by atoms with E-state index in [1.165, 1.54) is 0 Å². The van der Waals surface area contributed by atoms with Crippen LogP contribution in [0.4, 0.5) is 4.79 Å². The number of carboxylic acid groups (broad SMARTS) is 1. The number of ether oxygens (including phenoxy) is 1. The van der Waals surface area contributed by atoms with Crippen LogP contribution in [0, 0.1) is 5.92 Å². The van der Waals surface area contributed by atoms with E-state index in [1.807, 2.05) is 30.3 Å². The van der Waals surface area contributed by atoms with Crippen molar-refractivity contribution in [2.75, 3.05) is 0 Å². The third kappa shape index (κ3) is 6.57. The lowest BCUT2D eigenvalue weighted by molar-refractivity contribution is -0.141. The summed E-state index contributed by atoms with van der Waals surface area (Å²) < 4.78 is 5.19. The van der Waals surface area contributed by atoms with E-state index in [-0.39, 0.29) is 12.5 Å². The second-order valence-corrected chi connectivity index (χ2v) is 6.47. The number of ketones is 1. The lowest BCUT2D eigenvalue weighted by Crippen LogP contribution is -2.46. The fourth-order valence-electron chi connectivity index (χ4n) is 3.26. The van der Waals surface area contributed by atoms with E-state index in [1.54, 1.807) is 0 Å². The second kappa shape index (κ2) is 9.81. The zero-order chi connectivity index (χ0) is 18.1. The summed E-state index contributed by atoms with van der Waals surface area (Å²) in [6.45, 7) is 0.108. The minimum atomic E-state index is -1.18. The maximum Gasteiger partial charge on any atom is 0.408 e. The number of nitrogens with one attached hydrogen (secondary N) is 1. The van der Waals surface area contributed by atoms with Gasteiger partial charge >= 0.3 is 12.1 Å². The van der Waals surface area contributed by atoms with E-state index in [9.17, 15) is 14.4 Å². The Bertz CT molecular complexity index is 579. The number of carboxylic acids is 1. The van der Waals surface area contributed by atoms with Gasteiger partial charge in [-0.15, -0.1) is 0 Å². The lowest BCUT2D eigenvalue weighted by Gasteiger charge is -2.25. The first-order valence-corrected chi connectivity index (χ1v) is 8.78. The molecule has 25 heavy (non-hydrogen) atoms. The minimum Gasteiger partial charge on any atom is -0.481 e. The monoisotopic (exact) mass is 347 g/mol. The molecule has 1 fully saturated rings. The van der Waals surface area contributed by atoms with Gasteiger partial charge in [0.15, 0.2) is 5.78 Å². The maximum atomic E-state index is 12.3. The van der Waals surface area contributed by atoms with Crippen molar-refractivity contribution in [3.05, 3.63) is 35.9 Å². The lowest BCUT2D eigenvalue weighted by atomic mass is 9.88. The third-order valence-electron chi connectivity index (χ3n) is 4.53. The van der Waals surface area contributed by atoms with Crippen molar-refractivity contribution in [3.8, 4) is 0 Å². The van der Waals surface area contributed by atoms with Crippen molar-refractivity contribution in [1.29, 1.82) is 0 Å². The van der Waals surface area contributed by atoms with Crippen molar-refractivity contribution >= 4 is 17.8 Å². The van der Waals surface area contributed by atoms with Gasteiger partial charge < -0.3 is 15.2 Å². The van der Waals surface area contributed by atoms with Crippen LogP contribution in [0.1, 0.15) is 50.5 Å². The van der Waals surface area contributed by atoms with Crippen LogP contribution in [0.2, 0.25) is 0 Å². The van der Waals surface area contributed by atoms with Gasteiger partial charge in [0.2, 0.25) is 0 Å². The first kappa shape index (κ1) is 19.0. The van der Waals surface area contributed by atoms with Gasteiger partial charge in [-0.25, -0.2) is 4.79 Å². The Hall–Kier alpha value is -2.37. The van der Waals surface area contributed by atoms with Crippen molar-refractivity contribution < 1.29 is 24.2 Å². The van der Waals surface area contributed by atoms with Crippen LogP contribution in [-0.4, -0.2) is 29.0 Å². The quantitative estimate of drug-likeness (QED) is 0.583. The molecule has 6 nitrogen and oxygen atoms in total. The van der Waals surface area contributed by atoms with Crippen LogP contribution < -0.4 is 5.32 Å². The molecule has 1 aromatic rings. The number of alkyl carbamates (subject to hydrolysis) is 1. The normalized spacial score (nSPS) is 16.5. The van der Waals surface area contributed by atoms with E-state index < -0.39 is 30.3 Å². The Labute approximate surface area is 147 Å². The summed E-state index contributed by atoms with van der Waals surface area (Å²) in [5, 5.41) is 11.5. The molecule has 0 radical (unpaired) electrons. The van der Waals surface area contributed by atoms with E-state index >= 15 is 0 Å². The molecular formula is C19H25NO5. The number of benzene rings is 1. The molecule has 1 aliphatic rings. The van der Waals surface area contributed by atoms with Crippen LogP contribution in [-0.2, 0) is 20.9 Å². The number of amides is 1. The molecule has 0 saturated heterocycles. The predicted octanol–water partition coefficient (Wildman–Crippen LogP) is 3.30. The molecule has 1 unspecified atom stereocenters. The van der Waals surface area contributed by atoms with Crippen LogP contribution in [0.25, 0.3) is 0 Å². The summed E-state index contributed by atoms with van der Waals surface area (Å²) in [6.07, 6.45) is 4.55. The smallest absolute Gasteiger partial charge is 0.408 e. The number of carbonyl (C=O) groups is 3. The van der Waals surface area contributed by atoms with Gasteiger partial charge in [0.25, 0.3) is 0 Å². The highest BCUT2D eigenvalue weighted by Crippen LogP contribution is 2.26. The first-order valence-electron chi connectivity index (χ1n) is 8.78. The highest BCUT2D eigenvalue weighted by atomic mass is 16.5. The fraction of sp³-hybridized carbons (Fsp3) is 0.526. The molecule has 0 aliphatic heterocycles. The average molecular weight is 347 g/mol. The van der Waals surface area contributed by atoms with Gasteiger partial charge in [0.1, 0.15) is 13.0 Å². The number of hydrogen-bond acceptors (Lipinski definition) is 4. The predicted molar refractivity (Wildman–Crippen MR) is 92.0 cm³/mol. The summed E-state index contributed by atoms with van der Waals surface area (Å²) in [7, 11) is 0. The summed E-state index contributed by atoms with van der Waals surface area (Å²) in [4.78, 5) is 35.3. The fourth-order valence-corrected chi connectivity index (χ4v) is 3.26. The number of hydrogen-bond donors (Lipinski definition) is 2. The van der Waals surface area contributed by atoms with Crippen molar-refractivity contribution in [2.45, 2.75) is 57.6 Å². The zero-order valence-electron chi connectivity index (χ0n) is 14.3. The molecule has 2 rings (SSSR count). The summed E-state index contributed by atoms with van der Waals surface area (Å²) in [5.74, 6) is -1.67. The van der Waals surface area contributed by atoms with Gasteiger partial charge in [-0.1, -0.05) is 56.0 Å². The Morgan fingerprint density at radius 1 is 1.08 bits per heavy atom. The Kier molecular flexibility index (Phi) is 7.44. The molecule has 0 bridgehead atoms. The maximum absolute atomic E-state index is 12.3. The first-order chi connectivity index (χ1) is 12.1. The standard InChI is InChI=1S/C19H25NO5/c21-16(12-17(22)23)18(15-10-6-1-2-7-11-15)20-19(24)25-13-14-8-4-3-5-9-14/h3-5,8-9,15,18H,1-2,6-7,10-13H2,(H,20,24)(H,22,23). The highest BCUT2D eigenvalue weighted by Gasteiger charge is 2.31. The number of carbonyl (C=O) groups excluding carboxylic acids is 2. The summed E-state index contributed by atoms with van der Waals surface area (Å²) in [5.41, 5.74) is 0.848. The molecular weight excluding hydrogens is 322 g/mol. The number of aliphatic carboxylic acids is 1. The van der Waals surface area contributed by atoms with Crippen molar-refractivity contribution in [3.63, 3.8) is 0 Å². The largest absolute Gasteiger partial charge is 0.481 e. The molecule has 136 valence electrons. The molecule has 1 atom stereocenters. The van der Waals surface area contributed by atoms with Gasteiger partial charge in [0.05, 0.1) is 6.04 Å². The highest BCUT2D eigenvalue weighted by molar-refractivity contribution is 5.99. The Morgan fingerprint density at radius 2 is 1.72 bits per heavy atom. The molecule has 1 aliphatic carbocycles. The van der Waals surface area contributed by atoms with Crippen LogP contribution in [0.15, 0.2) is 30.3 Å². The molecule has 2 N–H and O–H groups in total. The SMILES string of the molecule is O=C(O)CC(=O)C(NC(=O)OCc1ccccc1)C1CCCCCC1. The summed E-state index contributed by atoms with van der Waals surface area (Å²) in [6, 6.07) is 8.45. The van der Waals surface area contributed by atoms with Gasteiger partial charge in [0, 0.05) is 0 Å². The second-order valence-electron chi connectivity index (χ2n) is 6.47. The van der Waals surface area contributed by atoms with Crippen LogP contribution >= 0.6 is 0 Å². The molecule has 1 amide bonds. The molecule has 0 spiro atoms. The zero-order valence-corrected chi connectivity index (χ0v) is 14.3. The van der Waals surface area contributed by atoms with Crippen molar-refractivity contribution in [1.82, 2.24) is 5.32 Å². The van der Waals surface area contributed by atoms with Crippen molar-refractivity contribution in [2.24, 2.45) is 5.92 Å². The van der Waals surface area contributed by atoms with E-state index in [0.29, 0.717) is 0 Å². The van der Waals surface area contributed by atoms with Crippen LogP contribution in [0.5, 0.6) is 0 Å². The molecule has 6 heteroatoms. The van der Waals surface area contributed by atoms with Gasteiger partial charge in [-0.2, -0.15) is 0 Å². The average Bonchev–Trinajstić information content (AvgIpc) is 2.87. The van der Waals surface area contributed by atoms with E-state index in [2.05, 4.69) is 5.32 Å². The van der Waals surface area contributed by atoms with Gasteiger partial charge in [-0.3, -0.25) is 9.59 Å². The number of rotatable bonds is 7. The Balaban J connectivity index is 1.97. The Morgan fingerprint density at radius 3 is 2.32 bits per heavy atom. The topological polar surface area (TPSA) is 92.7 Å². The molecule has 0 aromatic heterocycles. The summed E-state index contributed by atoms with van der Waals surface area (Å²) >= 11 is 0. The van der Waals surface area contributed by atoms with Crippen LogP contribution in [0.3, 0.4) is 0 Å². The molecule has 0 heterocycles. The molecule has 1 aromatic carbocycles.